The number of hydrogen-bond acceptors (Lipinski definition) is 4. The number of carbonyl (C=O) groups is 3. The summed E-state index contributed by atoms with van der Waals surface area (Å²) < 4.78 is 5.66. The number of hydrogen-bond donors (Lipinski definition) is 1. The predicted molar refractivity (Wildman–Crippen MR) is 133 cm³/mol. The molecule has 5 nitrogen and oxygen atoms in total. The van der Waals surface area contributed by atoms with Crippen molar-refractivity contribution in [2.45, 2.75) is 77.2 Å². The van der Waals surface area contributed by atoms with E-state index in [-0.39, 0.29) is 17.8 Å². The summed E-state index contributed by atoms with van der Waals surface area (Å²) in [6, 6.07) is 15.2. The first-order valence-corrected chi connectivity index (χ1v) is 12.4. The molecule has 180 valence electrons. The number of ether oxygens (including phenoxy) is 1. The van der Waals surface area contributed by atoms with E-state index < -0.39 is 11.0 Å². The van der Waals surface area contributed by atoms with Crippen LogP contribution in [0.5, 0.6) is 0 Å². The SMILES string of the molecule is CC(C)(C)OC(=O)C1(Cc2cccc(NC(=O)C(c3ccc(C=O)cc3)C3CCCC3)c2)CC1. The molecule has 0 aliphatic heterocycles. The molecule has 2 aromatic rings. The predicted octanol–water partition coefficient (Wildman–Crippen LogP) is 6.08. The van der Waals surface area contributed by atoms with Crippen LogP contribution in [0.1, 0.15) is 86.7 Å². The smallest absolute Gasteiger partial charge is 0.312 e. The molecule has 1 amide bonds. The first-order chi connectivity index (χ1) is 16.2. The van der Waals surface area contributed by atoms with Gasteiger partial charge in [-0.3, -0.25) is 14.4 Å². The number of anilines is 1. The van der Waals surface area contributed by atoms with Crippen molar-refractivity contribution in [2.75, 3.05) is 5.32 Å². The molecule has 1 unspecified atom stereocenters. The molecule has 0 spiro atoms. The fraction of sp³-hybridized carbons (Fsp3) is 0.483. The van der Waals surface area contributed by atoms with E-state index in [1.165, 1.54) is 0 Å². The number of carbonyl (C=O) groups excluding carboxylic acids is 3. The first kappa shape index (κ1) is 24.2. The lowest BCUT2D eigenvalue weighted by atomic mass is 9.83. The molecule has 0 bridgehead atoms. The van der Waals surface area contributed by atoms with Gasteiger partial charge in [0, 0.05) is 11.3 Å². The fourth-order valence-corrected chi connectivity index (χ4v) is 5.07. The van der Waals surface area contributed by atoms with Crippen LogP contribution in [0.25, 0.3) is 0 Å². The summed E-state index contributed by atoms with van der Waals surface area (Å²) in [5, 5.41) is 3.14. The van der Waals surface area contributed by atoms with Crippen LogP contribution < -0.4 is 5.32 Å². The van der Waals surface area contributed by atoms with Crippen molar-refractivity contribution in [3.8, 4) is 0 Å². The van der Waals surface area contributed by atoms with E-state index >= 15 is 0 Å². The largest absolute Gasteiger partial charge is 0.460 e. The summed E-state index contributed by atoms with van der Waals surface area (Å²) in [5.41, 5.74) is 2.39. The number of aldehydes is 1. The van der Waals surface area contributed by atoms with Gasteiger partial charge in [-0.1, -0.05) is 49.2 Å². The Balaban J connectivity index is 1.49. The molecule has 1 atom stereocenters. The van der Waals surface area contributed by atoms with Crippen LogP contribution in [-0.4, -0.2) is 23.8 Å². The van der Waals surface area contributed by atoms with Gasteiger partial charge in [0.15, 0.2) is 0 Å². The van der Waals surface area contributed by atoms with Crippen LogP contribution in [0.2, 0.25) is 0 Å². The highest BCUT2D eigenvalue weighted by atomic mass is 16.6. The zero-order valence-corrected chi connectivity index (χ0v) is 20.4. The van der Waals surface area contributed by atoms with E-state index in [1.54, 1.807) is 12.1 Å². The van der Waals surface area contributed by atoms with Crippen molar-refractivity contribution in [3.63, 3.8) is 0 Å². The van der Waals surface area contributed by atoms with Crippen molar-refractivity contribution in [1.29, 1.82) is 0 Å². The Bertz CT molecular complexity index is 1040. The van der Waals surface area contributed by atoms with Crippen molar-refractivity contribution in [3.05, 3.63) is 65.2 Å². The van der Waals surface area contributed by atoms with Gasteiger partial charge in [-0.15, -0.1) is 0 Å². The van der Waals surface area contributed by atoms with Crippen LogP contribution in [0.15, 0.2) is 48.5 Å². The number of esters is 1. The minimum atomic E-state index is -0.498. The van der Waals surface area contributed by atoms with E-state index in [0.717, 1.165) is 61.6 Å². The molecular weight excluding hydrogens is 426 g/mol. The molecule has 2 saturated carbocycles. The number of amides is 1. The highest BCUT2D eigenvalue weighted by Gasteiger charge is 2.52. The standard InChI is InChI=1S/C29H35NO4/c1-28(2,3)34-27(33)29(15-16-29)18-21-7-6-10-24(17-21)30-26(32)25(22-8-4-5-9-22)23-13-11-20(19-31)12-14-23/h6-7,10-14,17,19,22,25H,4-5,8-9,15-16,18H2,1-3H3,(H,30,32). The van der Waals surface area contributed by atoms with Gasteiger partial charge in [-0.05, 0) is 82.1 Å². The van der Waals surface area contributed by atoms with Crippen LogP contribution in [-0.2, 0) is 20.7 Å². The Kier molecular flexibility index (Phi) is 6.92. The second-order valence-corrected chi connectivity index (χ2v) is 11.0. The van der Waals surface area contributed by atoms with Crippen LogP contribution >= 0.6 is 0 Å². The summed E-state index contributed by atoms with van der Waals surface area (Å²) in [6.07, 6.45) is 7.46. The lowest BCUT2D eigenvalue weighted by molar-refractivity contribution is -0.161. The van der Waals surface area contributed by atoms with Gasteiger partial charge in [0.2, 0.25) is 5.91 Å². The quantitative estimate of drug-likeness (QED) is 0.382. The summed E-state index contributed by atoms with van der Waals surface area (Å²) in [4.78, 5) is 37.3. The second-order valence-electron chi connectivity index (χ2n) is 11.0. The van der Waals surface area contributed by atoms with E-state index in [1.807, 2.05) is 57.2 Å². The molecular formula is C29H35NO4. The molecule has 1 N–H and O–H groups in total. The molecule has 2 aromatic carbocycles. The zero-order chi connectivity index (χ0) is 24.3. The minimum Gasteiger partial charge on any atom is -0.460 e. The molecule has 2 aliphatic rings. The summed E-state index contributed by atoms with van der Waals surface area (Å²) in [5.74, 6) is -0.0961. The molecule has 0 heterocycles. The third-order valence-corrected chi connectivity index (χ3v) is 7.01. The maximum atomic E-state index is 13.5. The van der Waals surface area contributed by atoms with Crippen molar-refractivity contribution < 1.29 is 19.1 Å². The van der Waals surface area contributed by atoms with Gasteiger partial charge in [-0.2, -0.15) is 0 Å². The van der Waals surface area contributed by atoms with Crippen LogP contribution in [0, 0.1) is 11.3 Å². The highest BCUT2D eigenvalue weighted by Crippen LogP contribution is 2.50. The van der Waals surface area contributed by atoms with E-state index in [9.17, 15) is 14.4 Å². The van der Waals surface area contributed by atoms with Crippen LogP contribution in [0.3, 0.4) is 0 Å². The molecule has 2 fully saturated rings. The monoisotopic (exact) mass is 461 g/mol. The van der Waals surface area contributed by atoms with E-state index in [4.69, 9.17) is 4.74 Å². The molecule has 5 heteroatoms. The van der Waals surface area contributed by atoms with Gasteiger partial charge in [0.1, 0.15) is 11.9 Å². The van der Waals surface area contributed by atoms with Gasteiger partial charge in [-0.25, -0.2) is 0 Å². The maximum absolute atomic E-state index is 13.5. The van der Waals surface area contributed by atoms with Crippen molar-refractivity contribution in [2.24, 2.45) is 11.3 Å². The topological polar surface area (TPSA) is 72.5 Å². The van der Waals surface area contributed by atoms with Gasteiger partial charge in [0.25, 0.3) is 0 Å². The molecule has 0 aromatic heterocycles. The fourth-order valence-electron chi connectivity index (χ4n) is 5.07. The Morgan fingerprint density at radius 3 is 2.35 bits per heavy atom. The molecule has 2 aliphatic carbocycles. The zero-order valence-electron chi connectivity index (χ0n) is 20.4. The lowest BCUT2D eigenvalue weighted by Crippen LogP contribution is -2.30. The van der Waals surface area contributed by atoms with Gasteiger partial charge in [0.05, 0.1) is 11.3 Å². The number of nitrogens with one attached hydrogen (secondary N) is 1. The summed E-state index contributed by atoms with van der Waals surface area (Å²) in [7, 11) is 0. The molecule has 0 radical (unpaired) electrons. The second kappa shape index (κ2) is 9.73. The summed E-state index contributed by atoms with van der Waals surface area (Å²) >= 11 is 0. The molecule has 34 heavy (non-hydrogen) atoms. The number of rotatable bonds is 8. The minimum absolute atomic E-state index is 0.0174. The van der Waals surface area contributed by atoms with E-state index in [0.29, 0.717) is 17.9 Å². The maximum Gasteiger partial charge on any atom is 0.312 e. The first-order valence-electron chi connectivity index (χ1n) is 12.4. The van der Waals surface area contributed by atoms with Crippen molar-refractivity contribution in [1.82, 2.24) is 0 Å². The van der Waals surface area contributed by atoms with E-state index in [2.05, 4.69) is 5.32 Å². The van der Waals surface area contributed by atoms with Gasteiger partial charge < -0.3 is 10.1 Å². The number of benzene rings is 2. The third kappa shape index (κ3) is 5.75. The average molecular weight is 462 g/mol. The summed E-state index contributed by atoms with van der Waals surface area (Å²) in [6.45, 7) is 5.68. The highest BCUT2D eigenvalue weighted by molar-refractivity contribution is 5.96. The Labute approximate surface area is 202 Å². The normalized spacial score (nSPS) is 18.2. The Morgan fingerprint density at radius 1 is 1.09 bits per heavy atom. The van der Waals surface area contributed by atoms with Crippen LogP contribution in [0.4, 0.5) is 5.69 Å². The molecule has 0 saturated heterocycles. The lowest BCUT2D eigenvalue weighted by Gasteiger charge is -2.24. The average Bonchev–Trinajstić information content (AvgIpc) is 3.37. The Morgan fingerprint density at radius 2 is 1.76 bits per heavy atom. The Hall–Kier alpha value is -2.95. The van der Waals surface area contributed by atoms with Gasteiger partial charge >= 0.3 is 5.97 Å². The third-order valence-electron chi connectivity index (χ3n) is 7.01. The molecule has 4 rings (SSSR count). The van der Waals surface area contributed by atoms with Crippen molar-refractivity contribution >= 4 is 23.9 Å².